The van der Waals surface area contributed by atoms with Crippen LogP contribution in [0.3, 0.4) is 0 Å². The van der Waals surface area contributed by atoms with Gasteiger partial charge in [0.2, 0.25) is 18.3 Å². The maximum atomic E-state index is 10.8. The van der Waals surface area contributed by atoms with Gasteiger partial charge in [0.25, 0.3) is 0 Å². The Bertz CT molecular complexity index is 1450. The zero-order chi connectivity index (χ0) is 31.2. The number of fused-ring (bicyclic) bond motifs is 1. The average Bonchev–Trinajstić information content (AvgIpc) is 2.99. The number of ether oxygens (including phenoxy) is 4. The molecule has 0 amide bonds. The molecule has 16 nitrogen and oxygen atoms in total. The number of hydrogen-bond donors (Lipinski definition) is 11. The van der Waals surface area contributed by atoms with Crippen LogP contribution in [0.2, 0.25) is 0 Å². The minimum Gasteiger partial charge on any atom is -0.507 e. The first-order valence-corrected chi connectivity index (χ1v) is 13.0. The maximum Gasteiger partial charge on any atom is 0.402 e. The quantitative estimate of drug-likeness (QED) is 0.100. The van der Waals surface area contributed by atoms with Gasteiger partial charge in [0.1, 0.15) is 65.7 Å². The Morgan fingerprint density at radius 3 is 1.77 bits per heavy atom. The smallest absolute Gasteiger partial charge is 0.402 e. The van der Waals surface area contributed by atoms with Crippen molar-refractivity contribution in [3.8, 4) is 40.1 Å². The average molecular weight is 612 g/mol. The first kappa shape index (κ1) is 30.9. The van der Waals surface area contributed by atoms with Gasteiger partial charge in [-0.3, -0.25) is 0 Å². The van der Waals surface area contributed by atoms with Crippen LogP contribution in [-0.4, -0.2) is 131 Å². The third kappa shape index (κ3) is 5.85. The molecule has 0 unspecified atom stereocenters. The second-order valence-electron chi connectivity index (χ2n) is 10.1. The summed E-state index contributed by atoms with van der Waals surface area (Å²) in [5.41, 5.74) is 0.0554. The number of aromatic hydroxyl groups is 3. The summed E-state index contributed by atoms with van der Waals surface area (Å²) in [7, 11) is 0. The zero-order valence-corrected chi connectivity index (χ0v) is 22.1. The van der Waals surface area contributed by atoms with E-state index in [1.54, 1.807) is 0 Å². The van der Waals surface area contributed by atoms with Gasteiger partial charge in [-0.05, 0) is 12.1 Å². The number of aliphatic hydroxyl groups is 8. The number of rotatable bonds is 7. The minimum atomic E-state index is -1.79. The van der Waals surface area contributed by atoms with Gasteiger partial charge in [0.15, 0.2) is 11.5 Å². The van der Waals surface area contributed by atoms with Gasteiger partial charge in [-0.25, -0.2) is 4.42 Å². The van der Waals surface area contributed by atoms with E-state index in [0.717, 1.165) is 18.2 Å². The first-order valence-electron chi connectivity index (χ1n) is 13.0. The lowest BCUT2D eigenvalue weighted by molar-refractivity contribution is -0.277. The molecule has 2 aromatic carbocycles. The van der Waals surface area contributed by atoms with Crippen molar-refractivity contribution in [2.45, 2.75) is 61.4 Å². The molecule has 43 heavy (non-hydrogen) atoms. The van der Waals surface area contributed by atoms with Crippen molar-refractivity contribution in [3.05, 3.63) is 36.4 Å². The highest BCUT2D eigenvalue weighted by atomic mass is 16.7. The van der Waals surface area contributed by atoms with E-state index in [-0.39, 0.29) is 33.8 Å². The lowest BCUT2D eigenvalue weighted by atomic mass is 9.99. The molecule has 2 aliphatic rings. The highest BCUT2D eigenvalue weighted by Crippen LogP contribution is 2.42. The van der Waals surface area contributed by atoms with Crippen molar-refractivity contribution in [1.82, 2.24) is 0 Å². The van der Waals surface area contributed by atoms with Crippen molar-refractivity contribution in [2.24, 2.45) is 0 Å². The fourth-order valence-corrected chi connectivity index (χ4v) is 4.78. The molecule has 234 valence electrons. The predicted molar refractivity (Wildman–Crippen MR) is 140 cm³/mol. The number of phenolic OH excluding ortho intramolecular Hbond substituents is 3. The van der Waals surface area contributed by atoms with Crippen LogP contribution in [-0.2, 0) is 9.47 Å². The molecule has 10 atom stereocenters. The largest absolute Gasteiger partial charge is 0.507 e. The van der Waals surface area contributed by atoms with Crippen molar-refractivity contribution >= 4 is 11.0 Å². The lowest BCUT2D eigenvalue weighted by Gasteiger charge is -2.39. The Morgan fingerprint density at radius 1 is 0.628 bits per heavy atom. The highest BCUT2D eigenvalue weighted by Gasteiger charge is 2.46. The van der Waals surface area contributed by atoms with Crippen LogP contribution in [0.25, 0.3) is 22.3 Å². The van der Waals surface area contributed by atoms with Crippen molar-refractivity contribution in [1.29, 1.82) is 0 Å². The fourth-order valence-electron chi connectivity index (χ4n) is 4.78. The van der Waals surface area contributed by atoms with E-state index in [1.807, 2.05) is 0 Å². The van der Waals surface area contributed by atoms with Crippen LogP contribution >= 0.6 is 0 Å². The van der Waals surface area contributed by atoms with E-state index in [0.29, 0.717) is 0 Å². The number of aliphatic hydroxyl groups excluding tert-OH is 8. The molecule has 2 saturated heterocycles. The zero-order valence-electron chi connectivity index (χ0n) is 22.1. The SMILES string of the molecule is OC[C@H]1O[C@@H](Oc2cc(O)c3cc(O[C@@H]4O[C@H](CO)[C@@H](O)[C@@H](O)[C@@H]4O)c(-c4ccc(O)c(O)c4)[o+]c3c2)[C@H](O)[C@@H](O)[C@@H]1O. The molecule has 2 fully saturated rings. The summed E-state index contributed by atoms with van der Waals surface area (Å²) in [5.74, 6) is -1.94. The summed E-state index contributed by atoms with van der Waals surface area (Å²) in [6.45, 7) is -1.41. The predicted octanol–water partition coefficient (Wildman–Crippen LogP) is -2.14. The Balaban J connectivity index is 1.55. The normalized spacial score (nSPS) is 32.9. The number of hydrogen-bond acceptors (Lipinski definition) is 15. The second-order valence-corrected chi connectivity index (χ2v) is 10.1. The third-order valence-corrected chi connectivity index (χ3v) is 7.23. The van der Waals surface area contributed by atoms with Crippen LogP contribution in [0, 0.1) is 0 Å². The summed E-state index contributed by atoms with van der Waals surface area (Å²) in [6.07, 6.45) is -16.0. The van der Waals surface area contributed by atoms with Crippen LogP contribution in [0.5, 0.6) is 28.7 Å². The second kappa shape index (κ2) is 12.2. The van der Waals surface area contributed by atoms with E-state index < -0.39 is 91.9 Å². The van der Waals surface area contributed by atoms with Gasteiger partial charge in [-0.2, -0.15) is 0 Å². The van der Waals surface area contributed by atoms with Crippen LogP contribution in [0.15, 0.2) is 40.8 Å². The topological polar surface area (TPSA) is 271 Å². The van der Waals surface area contributed by atoms with Crippen LogP contribution < -0.4 is 9.47 Å². The van der Waals surface area contributed by atoms with Crippen molar-refractivity contribution in [3.63, 3.8) is 0 Å². The summed E-state index contributed by atoms with van der Waals surface area (Å²) < 4.78 is 28.1. The van der Waals surface area contributed by atoms with Crippen LogP contribution in [0.1, 0.15) is 0 Å². The molecule has 0 bridgehead atoms. The standard InChI is InChI=1S/C27H30O16/c28-7-17-19(33)21(35)23(37)26(42-17)39-10-4-13(31)11-6-16(41-27-24(38)22(36)20(34)18(8-29)43-27)25(40-15(11)5-10)9-1-2-12(30)14(32)3-9/h1-6,17-24,26-29,33-38H,7-8H2,(H2-,30,31,32)/p+1/t17-,18-,19-,20-,21+,22-,23-,24+,26-,27-/m1/s1. The van der Waals surface area contributed by atoms with Gasteiger partial charge in [0, 0.05) is 18.2 Å². The van der Waals surface area contributed by atoms with E-state index in [1.165, 1.54) is 18.2 Å². The number of phenols is 3. The first-order chi connectivity index (χ1) is 20.4. The van der Waals surface area contributed by atoms with Gasteiger partial charge in [-0.15, -0.1) is 0 Å². The molecule has 0 aliphatic carbocycles. The summed E-state index contributed by atoms with van der Waals surface area (Å²) in [6, 6.07) is 7.23. The summed E-state index contributed by atoms with van der Waals surface area (Å²) in [5, 5.41) is 111. The van der Waals surface area contributed by atoms with Crippen molar-refractivity contribution < 1.29 is 79.5 Å². The molecule has 1 aromatic heterocycles. The fraction of sp³-hybridized carbons (Fsp3) is 0.444. The van der Waals surface area contributed by atoms with Gasteiger partial charge < -0.3 is 75.1 Å². The molecule has 5 rings (SSSR count). The number of benzene rings is 2. The van der Waals surface area contributed by atoms with Crippen LogP contribution in [0.4, 0.5) is 0 Å². The molecule has 2 aliphatic heterocycles. The molecule has 3 aromatic rings. The Morgan fingerprint density at radius 2 is 1.21 bits per heavy atom. The maximum absolute atomic E-state index is 10.8. The van der Waals surface area contributed by atoms with Gasteiger partial charge in [-0.1, -0.05) is 0 Å². The van der Waals surface area contributed by atoms with E-state index in [9.17, 15) is 56.2 Å². The molecule has 3 heterocycles. The Kier molecular flexibility index (Phi) is 8.77. The molecule has 11 N–H and O–H groups in total. The Labute approximate surface area is 242 Å². The monoisotopic (exact) mass is 611 g/mol. The lowest BCUT2D eigenvalue weighted by Crippen LogP contribution is -2.60. The molecule has 0 radical (unpaired) electrons. The van der Waals surface area contributed by atoms with E-state index in [2.05, 4.69) is 0 Å². The summed E-state index contributed by atoms with van der Waals surface area (Å²) in [4.78, 5) is 0. The molecular weight excluding hydrogens is 580 g/mol. The van der Waals surface area contributed by atoms with E-state index >= 15 is 0 Å². The molecule has 0 spiro atoms. The van der Waals surface area contributed by atoms with Gasteiger partial charge in [0.05, 0.1) is 24.8 Å². The Hall–Kier alpha value is -3.55. The summed E-state index contributed by atoms with van der Waals surface area (Å²) >= 11 is 0. The molecule has 16 heteroatoms. The minimum absolute atomic E-state index is 0.00694. The third-order valence-electron chi connectivity index (χ3n) is 7.23. The van der Waals surface area contributed by atoms with Crippen molar-refractivity contribution in [2.75, 3.05) is 13.2 Å². The highest BCUT2D eigenvalue weighted by molar-refractivity contribution is 5.88. The van der Waals surface area contributed by atoms with Gasteiger partial charge >= 0.3 is 11.3 Å². The molecular formula is C27H31O16+. The molecule has 0 saturated carbocycles. The van der Waals surface area contributed by atoms with E-state index in [4.69, 9.17) is 23.4 Å².